The summed E-state index contributed by atoms with van der Waals surface area (Å²) in [6, 6.07) is 20.8. The summed E-state index contributed by atoms with van der Waals surface area (Å²) in [6.45, 7) is 1.95. The number of hydrogen-bond donors (Lipinski definition) is 1. The van der Waals surface area contributed by atoms with Crippen molar-refractivity contribution in [1.29, 1.82) is 0 Å². The highest BCUT2D eigenvalue weighted by Gasteiger charge is 2.14. The molecule has 2 heterocycles. The van der Waals surface area contributed by atoms with Crippen molar-refractivity contribution in [2.45, 2.75) is 12.7 Å². The fraction of sp³-hybridized carbons (Fsp3) is 0.130. The third-order valence-corrected chi connectivity index (χ3v) is 6.03. The number of thiazole rings is 1. The molecule has 4 aromatic rings. The minimum Gasteiger partial charge on any atom is -0.444 e. The number of hydrogen-bond acceptors (Lipinski definition) is 7. The van der Waals surface area contributed by atoms with Crippen LogP contribution in [0.2, 0.25) is 0 Å². The largest absolute Gasteiger partial charge is 0.444 e. The molecule has 6 nitrogen and oxygen atoms in total. The Kier molecular flexibility index (Phi) is 6.01. The van der Waals surface area contributed by atoms with E-state index in [1.165, 1.54) is 17.6 Å². The summed E-state index contributed by atoms with van der Waals surface area (Å²) in [6.07, 6.45) is 2.88. The summed E-state index contributed by atoms with van der Waals surface area (Å²) in [5.74, 6) is 1.22. The fourth-order valence-electron chi connectivity index (χ4n) is 3.10. The van der Waals surface area contributed by atoms with Crippen LogP contribution in [0.4, 0.5) is 11.5 Å². The monoisotopic (exact) mass is 451 g/mol. The summed E-state index contributed by atoms with van der Waals surface area (Å²) in [7, 11) is -3.10. The summed E-state index contributed by atoms with van der Waals surface area (Å²) in [4.78, 5) is 8.96. The molecule has 158 valence electrons. The number of sulfone groups is 1. The van der Waals surface area contributed by atoms with Gasteiger partial charge in [0, 0.05) is 29.8 Å². The molecule has 0 unspecified atom stereocenters. The Balaban J connectivity index is 1.55. The van der Waals surface area contributed by atoms with E-state index in [9.17, 15) is 8.42 Å². The van der Waals surface area contributed by atoms with Crippen molar-refractivity contribution in [2.24, 2.45) is 0 Å². The van der Waals surface area contributed by atoms with E-state index in [2.05, 4.69) is 15.3 Å². The molecule has 0 saturated heterocycles. The molecule has 0 radical (unpaired) electrons. The Morgan fingerprint density at radius 1 is 1.03 bits per heavy atom. The molecule has 0 aliphatic carbocycles. The van der Waals surface area contributed by atoms with Gasteiger partial charge in [-0.3, -0.25) is 0 Å². The molecule has 8 heteroatoms. The lowest BCUT2D eigenvalue weighted by atomic mass is 10.2. The second-order valence-electron chi connectivity index (χ2n) is 7.11. The molecule has 2 aromatic heterocycles. The Morgan fingerprint density at radius 2 is 1.84 bits per heavy atom. The van der Waals surface area contributed by atoms with Crippen molar-refractivity contribution >= 4 is 32.7 Å². The molecular weight excluding hydrogens is 430 g/mol. The molecule has 0 saturated carbocycles. The standard InChI is InChI=1S/C23H21N3O3S2/c1-16-25-22(18-8-4-3-5-9-18)23(30-16)29-20-11-12-24-21(14-20)26-19-10-6-7-17(13-19)15-31(2,27)28/h3-14H,15H2,1-2H3,(H,24,26). The van der Waals surface area contributed by atoms with Crippen molar-refractivity contribution in [3.63, 3.8) is 0 Å². The van der Waals surface area contributed by atoms with E-state index in [0.717, 1.165) is 27.0 Å². The molecular formula is C23H21N3O3S2. The molecule has 0 amide bonds. The van der Waals surface area contributed by atoms with E-state index in [0.29, 0.717) is 17.1 Å². The maximum atomic E-state index is 11.6. The van der Waals surface area contributed by atoms with Gasteiger partial charge in [0.05, 0.1) is 10.8 Å². The quantitative estimate of drug-likeness (QED) is 0.394. The molecule has 0 bridgehead atoms. The second-order valence-corrected chi connectivity index (χ2v) is 10.4. The first kappa shape index (κ1) is 21.0. The third-order valence-electron chi connectivity index (χ3n) is 4.32. The van der Waals surface area contributed by atoms with Gasteiger partial charge < -0.3 is 10.1 Å². The molecule has 0 fully saturated rings. The summed E-state index contributed by atoms with van der Waals surface area (Å²) in [5.41, 5.74) is 3.27. The summed E-state index contributed by atoms with van der Waals surface area (Å²) >= 11 is 1.49. The maximum absolute atomic E-state index is 11.6. The number of pyridine rings is 1. The predicted octanol–water partition coefficient (Wildman–Crippen LogP) is 5.59. The van der Waals surface area contributed by atoms with Crippen LogP contribution in [-0.4, -0.2) is 24.6 Å². The molecule has 1 N–H and O–H groups in total. The van der Waals surface area contributed by atoms with Crippen molar-refractivity contribution in [1.82, 2.24) is 9.97 Å². The van der Waals surface area contributed by atoms with Crippen LogP contribution in [0.3, 0.4) is 0 Å². The third kappa shape index (κ3) is 5.68. The summed E-state index contributed by atoms with van der Waals surface area (Å²) < 4.78 is 29.3. The predicted molar refractivity (Wildman–Crippen MR) is 125 cm³/mol. The van der Waals surface area contributed by atoms with Gasteiger partial charge in [0.15, 0.2) is 9.84 Å². The Morgan fingerprint density at radius 3 is 2.61 bits per heavy atom. The van der Waals surface area contributed by atoms with E-state index in [1.807, 2.05) is 49.4 Å². The first-order valence-electron chi connectivity index (χ1n) is 9.56. The smallest absolute Gasteiger partial charge is 0.208 e. The zero-order valence-electron chi connectivity index (χ0n) is 17.1. The average Bonchev–Trinajstić information content (AvgIpc) is 3.08. The molecule has 0 spiro atoms. The second kappa shape index (κ2) is 8.87. The lowest BCUT2D eigenvalue weighted by Crippen LogP contribution is -2.01. The number of aromatic nitrogens is 2. The van der Waals surface area contributed by atoms with Crippen LogP contribution in [0.1, 0.15) is 10.6 Å². The van der Waals surface area contributed by atoms with Crippen molar-refractivity contribution < 1.29 is 13.2 Å². The molecule has 0 aliphatic rings. The van der Waals surface area contributed by atoms with Crippen molar-refractivity contribution in [3.05, 3.63) is 83.5 Å². The van der Waals surface area contributed by atoms with Gasteiger partial charge in [-0.15, -0.1) is 0 Å². The molecule has 4 rings (SSSR count). The van der Waals surface area contributed by atoms with Gasteiger partial charge in [0.1, 0.15) is 17.3 Å². The number of benzene rings is 2. The average molecular weight is 452 g/mol. The number of aryl methyl sites for hydroxylation is 1. The van der Waals surface area contributed by atoms with Crippen molar-refractivity contribution in [2.75, 3.05) is 11.6 Å². The zero-order valence-corrected chi connectivity index (χ0v) is 18.7. The van der Waals surface area contributed by atoms with Gasteiger partial charge in [0.25, 0.3) is 0 Å². The SMILES string of the molecule is Cc1nc(-c2ccccc2)c(Oc2ccnc(Nc3cccc(CS(C)(=O)=O)c3)c2)s1. The Hall–Kier alpha value is -3.23. The highest BCUT2D eigenvalue weighted by Crippen LogP contribution is 2.38. The highest BCUT2D eigenvalue weighted by atomic mass is 32.2. The number of nitrogens with zero attached hydrogens (tertiary/aromatic N) is 2. The lowest BCUT2D eigenvalue weighted by molar-refractivity contribution is 0.496. The topological polar surface area (TPSA) is 81.2 Å². The minimum absolute atomic E-state index is 0.00785. The van der Waals surface area contributed by atoms with E-state index in [4.69, 9.17) is 4.74 Å². The van der Waals surface area contributed by atoms with Crippen molar-refractivity contribution in [3.8, 4) is 22.1 Å². The Bertz CT molecular complexity index is 1300. The van der Waals surface area contributed by atoms with Crippen LogP contribution in [-0.2, 0) is 15.6 Å². The summed E-state index contributed by atoms with van der Waals surface area (Å²) in [5, 5.41) is 4.85. The van der Waals surface area contributed by atoms with E-state index >= 15 is 0 Å². The minimum atomic E-state index is -3.10. The Labute approximate surface area is 185 Å². The normalized spacial score (nSPS) is 11.3. The fourth-order valence-corrected chi connectivity index (χ4v) is 4.68. The van der Waals surface area contributed by atoms with Gasteiger partial charge >= 0.3 is 0 Å². The molecule has 0 atom stereocenters. The maximum Gasteiger partial charge on any atom is 0.208 e. The first-order valence-corrected chi connectivity index (χ1v) is 12.4. The highest BCUT2D eigenvalue weighted by molar-refractivity contribution is 7.89. The van der Waals surface area contributed by atoms with Gasteiger partial charge in [0.2, 0.25) is 5.06 Å². The van der Waals surface area contributed by atoms with Crippen LogP contribution < -0.4 is 10.1 Å². The van der Waals surface area contributed by atoms with Gasteiger partial charge in [-0.05, 0) is 30.7 Å². The van der Waals surface area contributed by atoms with E-state index in [-0.39, 0.29) is 5.75 Å². The van der Waals surface area contributed by atoms with Gasteiger partial charge in [-0.25, -0.2) is 18.4 Å². The van der Waals surface area contributed by atoms with Gasteiger partial charge in [-0.1, -0.05) is 53.8 Å². The molecule has 31 heavy (non-hydrogen) atoms. The van der Waals surface area contributed by atoms with Crippen LogP contribution >= 0.6 is 11.3 Å². The lowest BCUT2D eigenvalue weighted by Gasteiger charge is -2.10. The number of ether oxygens (including phenoxy) is 1. The number of nitrogens with one attached hydrogen (secondary N) is 1. The van der Waals surface area contributed by atoms with Crippen LogP contribution in [0.15, 0.2) is 72.9 Å². The van der Waals surface area contributed by atoms with E-state index in [1.54, 1.807) is 30.5 Å². The van der Waals surface area contributed by atoms with Crippen LogP contribution in [0.25, 0.3) is 11.3 Å². The van der Waals surface area contributed by atoms with Crippen LogP contribution in [0, 0.1) is 6.92 Å². The van der Waals surface area contributed by atoms with Gasteiger partial charge in [-0.2, -0.15) is 0 Å². The van der Waals surface area contributed by atoms with Crippen LogP contribution in [0.5, 0.6) is 10.8 Å². The zero-order chi connectivity index (χ0) is 21.8. The molecule has 2 aromatic carbocycles. The number of anilines is 2. The first-order chi connectivity index (χ1) is 14.9. The number of rotatable bonds is 7. The molecule has 0 aliphatic heterocycles. The van der Waals surface area contributed by atoms with E-state index < -0.39 is 9.84 Å².